The number of aromatic nitrogens is 2. The van der Waals surface area contributed by atoms with Crippen molar-refractivity contribution in [3.05, 3.63) is 28.6 Å². The molecular formula is C30H45N3O3S. The van der Waals surface area contributed by atoms with Gasteiger partial charge in [-0.2, -0.15) is 9.19 Å². The monoisotopic (exact) mass is 527 g/mol. The molecule has 1 aromatic rings. The lowest BCUT2D eigenvalue weighted by Crippen LogP contribution is -2.48. The van der Waals surface area contributed by atoms with Crippen molar-refractivity contribution in [3.63, 3.8) is 0 Å². The first-order valence-electron chi connectivity index (χ1n) is 14.9. The Morgan fingerprint density at radius 1 is 1.16 bits per heavy atom. The van der Waals surface area contributed by atoms with Gasteiger partial charge < -0.3 is 10.1 Å². The molecule has 1 spiro atoms. The predicted molar refractivity (Wildman–Crippen MR) is 145 cm³/mol. The van der Waals surface area contributed by atoms with Crippen molar-refractivity contribution in [1.82, 2.24) is 14.5 Å². The van der Waals surface area contributed by atoms with Gasteiger partial charge in [0.25, 0.3) is 10.0 Å². The molecule has 4 aliphatic carbocycles. The van der Waals surface area contributed by atoms with Gasteiger partial charge >= 0.3 is 0 Å². The molecule has 0 radical (unpaired) electrons. The first-order chi connectivity index (χ1) is 17.5. The van der Waals surface area contributed by atoms with E-state index in [9.17, 15) is 8.42 Å². The average molecular weight is 528 g/mol. The van der Waals surface area contributed by atoms with E-state index in [4.69, 9.17) is 4.74 Å². The highest BCUT2D eigenvalue weighted by molar-refractivity contribution is 7.89. The van der Waals surface area contributed by atoms with Crippen LogP contribution in [0.1, 0.15) is 83.9 Å². The first-order valence-corrected chi connectivity index (χ1v) is 16.7. The number of rotatable bonds is 1. The van der Waals surface area contributed by atoms with Crippen LogP contribution >= 0.6 is 0 Å². The van der Waals surface area contributed by atoms with E-state index >= 15 is 0 Å². The highest BCUT2D eigenvalue weighted by Crippen LogP contribution is 2.64. The summed E-state index contributed by atoms with van der Waals surface area (Å²) in [6.07, 6.45) is 13.9. The number of allylic oxidation sites excluding steroid dienone is 1. The second kappa shape index (κ2) is 8.17. The molecule has 2 saturated heterocycles. The molecule has 0 amide bonds. The Balaban J connectivity index is 1.17. The van der Waals surface area contributed by atoms with E-state index < -0.39 is 10.0 Å². The lowest BCUT2D eigenvalue weighted by atomic mass is 9.52. The van der Waals surface area contributed by atoms with Crippen molar-refractivity contribution in [3.8, 4) is 0 Å². The SMILES string of the molecule is CC1=C2C[C@H]3[C@@H](CC[C@@H]4Cc5nn(S(C)(=O)=O)cc5C[C@@]43C)[C@@H]2CC[C@@]2(C1)O[C@@H]1C[C@H](C)CN[C@H]1[C@H]2C. The molecule has 1 N–H and O–H groups in total. The fourth-order valence-corrected chi connectivity index (χ4v) is 10.8. The topological polar surface area (TPSA) is 73.2 Å². The summed E-state index contributed by atoms with van der Waals surface area (Å²) < 4.78 is 32.6. The minimum atomic E-state index is -3.34. The largest absolute Gasteiger partial charge is 0.369 e. The van der Waals surface area contributed by atoms with Crippen LogP contribution in [0.4, 0.5) is 0 Å². The molecule has 3 heterocycles. The van der Waals surface area contributed by atoms with Crippen molar-refractivity contribution in [2.45, 2.75) is 103 Å². The van der Waals surface area contributed by atoms with Crippen LogP contribution < -0.4 is 5.32 Å². The fourth-order valence-electron chi connectivity index (χ4n) is 10.3. The van der Waals surface area contributed by atoms with Crippen LogP contribution in [0.15, 0.2) is 17.3 Å². The van der Waals surface area contributed by atoms with E-state index in [-0.39, 0.29) is 11.0 Å². The molecule has 2 aliphatic heterocycles. The van der Waals surface area contributed by atoms with Gasteiger partial charge in [-0.3, -0.25) is 0 Å². The molecule has 204 valence electrons. The summed E-state index contributed by atoms with van der Waals surface area (Å²) in [5.74, 6) is 4.01. The number of nitrogens with one attached hydrogen (secondary N) is 1. The average Bonchev–Trinajstić information content (AvgIpc) is 3.46. The van der Waals surface area contributed by atoms with E-state index in [1.807, 2.05) is 6.20 Å². The maximum Gasteiger partial charge on any atom is 0.250 e. The molecule has 0 aromatic carbocycles. The number of fused-ring (bicyclic) bond motifs is 7. The molecule has 4 fully saturated rings. The van der Waals surface area contributed by atoms with Crippen molar-refractivity contribution in [1.29, 1.82) is 0 Å². The van der Waals surface area contributed by atoms with E-state index in [0.29, 0.717) is 41.7 Å². The smallest absolute Gasteiger partial charge is 0.250 e. The molecule has 6 nitrogen and oxygen atoms in total. The normalized spacial score (nSPS) is 47.2. The maximum atomic E-state index is 12.2. The maximum absolute atomic E-state index is 12.2. The fraction of sp³-hybridized carbons (Fsp3) is 0.833. The van der Waals surface area contributed by atoms with Gasteiger partial charge in [0, 0.05) is 18.2 Å². The third kappa shape index (κ3) is 3.62. The van der Waals surface area contributed by atoms with E-state index in [1.54, 1.807) is 11.1 Å². The summed E-state index contributed by atoms with van der Waals surface area (Å²) in [4.78, 5) is 0. The molecule has 10 atom stereocenters. The molecule has 7 rings (SSSR count). The van der Waals surface area contributed by atoms with Crippen LogP contribution in [0.5, 0.6) is 0 Å². The summed E-state index contributed by atoms with van der Waals surface area (Å²) in [7, 11) is -3.34. The third-order valence-corrected chi connectivity index (χ3v) is 13.1. The third-order valence-electron chi connectivity index (χ3n) is 12.2. The van der Waals surface area contributed by atoms with Crippen molar-refractivity contribution in [2.75, 3.05) is 12.8 Å². The number of piperidine rings is 1. The minimum Gasteiger partial charge on any atom is -0.369 e. The lowest BCUT2D eigenvalue weighted by Gasteiger charge is -2.52. The quantitative estimate of drug-likeness (QED) is 0.535. The second-order valence-electron chi connectivity index (χ2n) is 14.3. The zero-order chi connectivity index (χ0) is 25.9. The second-order valence-corrected chi connectivity index (χ2v) is 16.1. The van der Waals surface area contributed by atoms with Gasteiger partial charge in [-0.15, -0.1) is 0 Å². The predicted octanol–water partition coefficient (Wildman–Crippen LogP) is 4.73. The molecule has 2 saturated carbocycles. The minimum absolute atomic E-state index is 0.00435. The van der Waals surface area contributed by atoms with E-state index in [2.05, 4.69) is 38.1 Å². The molecule has 0 unspecified atom stereocenters. The van der Waals surface area contributed by atoms with Gasteiger partial charge in [0.2, 0.25) is 0 Å². The van der Waals surface area contributed by atoms with Crippen molar-refractivity contribution < 1.29 is 13.2 Å². The van der Waals surface area contributed by atoms with Crippen molar-refractivity contribution in [2.24, 2.45) is 40.9 Å². The van der Waals surface area contributed by atoms with Gasteiger partial charge in [-0.25, -0.2) is 8.42 Å². The Hall–Kier alpha value is -1.18. The number of ether oxygens (including phenoxy) is 1. The highest BCUT2D eigenvalue weighted by atomic mass is 32.2. The molecule has 7 heteroatoms. The van der Waals surface area contributed by atoms with Crippen LogP contribution in [0.2, 0.25) is 0 Å². The first kappa shape index (κ1) is 24.8. The number of nitrogens with zero attached hydrogens (tertiary/aromatic N) is 2. The van der Waals surface area contributed by atoms with Gasteiger partial charge in [-0.05, 0) is 112 Å². The van der Waals surface area contributed by atoms with Gasteiger partial charge in [0.05, 0.1) is 23.7 Å². The summed E-state index contributed by atoms with van der Waals surface area (Å²) in [5, 5.41) is 8.36. The summed E-state index contributed by atoms with van der Waals surface area (Å²) >= 11 is 0. The van der Waals surface area contributed by atoms with Crippen molar-refractivity contribution >= 4 is 10.0 Å². The Morgan fingerprint density at radius 3 is 2.76 bits per heavy atom. The summed E-state index contributed by atoms with van der Waals surface area (Å²) in [6.45, 7) is 10.9. The lowest BCUT2D eigenvalue weighted by molar-refractivity contribution is -0.0733. The Labute approximate surface area is 223 Å². The number of hydrogen-bond acceptors (Lipinski definition) is 5. The van der Waals surface area contributed by atoms with Crippen LogP contribution in [-0.2, 0) is 27.6 Å². The van der Waals surface area contributed by atoms with E-state index in [1.165, 1.54) is 54.4 Å². The van der Waals surface area contributed by atoms with Crippen LogP contribution in [0.25, 0.3) is 0 Å². The summed E-state index contributed by atoms with van der Waals surface area (Å²) in [5.41, 5.74) is 5.80. The standard InChI is InChI=1S/C30H45N3O3S/c1-17-10-27-28(31-15-17)19(3)30(36-27)9-8-22-23-7-6-21-11-26-20(16-33(32-26)37(5,34)35)14-29(21,4)25(23)12-24(22)18(2)13-30/h16-17,19,21-23,25,27-28,31H,6-15H2,1-5H3/t17-,19+,21+,22-,23-,25-,27+,28-,29-,30-/m0/s1. The Bertz CT molecular complexity index is 1250. The van der Waals surface area contributed by atoms with E-state index in [0.717, 1.165) is 37.4 Å². The molecule has 1 aromatic heterocycles. The van der Waals surface area contributed by atoms with Gasteiger partial charge in [0.1, 0.15) is 0 Å². The Morgan fingerprint density at radius 2 is 1.97 bits per heavy atom. The van der Waals surface area contributed by atoms with Gasteiger partial charge in [0.15, 0.2) is 0 Å². The van der Waals surface area contributed by atoms with Gasteiger partial charge in [-0.1, -0.05) is 31.9 Å². The number of hydrogen-bond donors (Lipinski definition) is 1. The van der Waals surface area contributed by atoms with Crippen LogP contribution in [-0.4, -0.2) is 48.2 Å². The molecule has 0 bridgehead atoms. The molecule has 6 aliphatic rings. The highest BCUT2D eigenvalue weighted by Gasteiger charge is 2.59. The molecule has 37 heavy (non-hydrogen) atoms. The van der Waals surface area contributed by atoms with Crippen LogP contribution in [0.3, 0.4) is 0 Å². The Kier molecular flexibility index (Phi) is 5.48. The van der Waals surface area contributed by atoms with Crippen LogP contribution in [0, 0.1) is 40.9 Å². The molecular weight excluding hydrogens is 482 g/mol. The zero-order valence-electron chi connectivity index (χ0n) is 23.3. The zero-order valence-corrected chi connectivity index (χ0v) is 24.1. The summed E-state index contributed by atoms with van der Waals surface area (Å²) in [6, 6.07) is 0.512.